The second-order valence-electron chi connectivity index (χ2n) is 8.04. The number of halogens is 1. The molecular formula is C20H30ClN3O. The molecule has 0 bridgehead atoms. The topological polar surface area (TPSA) is 49.6 Å². The number of benzene rings is 1. The molecule has 1 saturated carbocycles. The normalized spacial score (nSPS) is 20.8. The molecule has 5 heteroatoms. The van der Waals surface area contributed by atoms with Crippen molar-refractivity contribution in [2.24, 2.45) is 11.8 Å². The Balaban J connectivity index is 1.73. The number of nitrogens with zero attached hydrogens (tertiary/aromatic N) is 2. The molecule has 25 heavy (non-hydrogen) atoms. The van der Waals surface area contributed by atoms with E-state index in [1.807, 2.05) is 17.0 Å². The van der Waals surface area contributed by atoms with E-state index in [2.05, 4.69) is 24.8 Å². The monoisotopic (exact) mass is 363 g/mol. The molecule has 3 rings (SSSR count). The van der Waals surface area contributed by atoms with Crippen molar-refractivity contribution in [3.63, 3.8) is 0 Å². The van der Waals surface area contributed by atoms with Gasteiger partial charge in [-0.15, -0.1) is 0 Å². The van der Waals surface area contributed by atoms with Gasteiger partial charge in [-0.3, -0.25) is 4.79 Å². The second-order valence-corrected chi connectivity index (χ2v) is 8.44. The van der Waals surface area contributed by atoms with Crippen molar-refractivity contribution in [3.8, 4) is 0 Å². The molecule has 2 N–H and O–H groups in total. The number of likely N-dealkylation sites (tertiary alicyclic amines) is 1. The van der Waals surface area contributed by atoms with E-state index in [1.165, 1.54) is 19.3 Å². The lowest BCUT2D eigenvalue weighted by molar-refractivity contribution is -0.130. The van der Waals surface area contributed by atoms with Crippen LogP contribution in [0.3, 0.4) is 0 Å². The van der Waals surface area contributed by atoms with Crippen molar-refractivity contribution in [2.45, 2.75) is 52.0 Å². The van der Waals surface area contributed by atoms with Gasteiger partial charge < -0.3 is 15.5 Å². The van der Waals surface area contributed by atoms with Crippen molar-refractivity contribution in [3.05, 3.63) is 23.2 Å². The van der Waals surface area contributed by atoms with Gasteiger partial charge in [0, 0.05) is 37.8 Å². The van der Waals surface area contributed by atoms with E-state index in [0.29, 0.717) is 29.1 Å². The number of amides is 1. The maximum Gasteiger partial charge on any atom is 0.222 e. The summed E-state index contributed by atoms with van der Waals surface area (Å²) in [5.41, 5.74) is 7.64. The Kier molecular flexibility index (Phi) is 5.78. The number of rotatable bonds is 6. The molecule has 0 spiro atoms. The summed E-state index contributed by atoms with van der Waals surface area (Å²) in [6, 6.07) is 6.31. The molecular weight excluding hydrogens is 334 g/mol. The Morgan fingerprint density at radius 2 is 2.12 bits per heavy atom. The third-order valence-electron chi connectivity index (χ3n) is 5.54. The van der Waals surface area contributed by atoms with Gasteiger partial charge in [-0.1, -0.05) is 31.9 Å². The molecule has 0 aromatic heterocycles. The highest BCUT2D eigenvalue weighted by Gasteiger charge is 2.33. The molecule has 1 aliphatic carbocycles. The number of hydrogen-bond donors (Lipinski definition) is 1. The average molecular weight is 364 g/mol. The summed E-state index contributed by atoms with van der Waals surface area (Å²) < 4.78 is 0. The predicted molar refractivity (Wildman–Crippen MR) is 105 cm³/mol. The standard InChI is InChI=1S/C20H30ClN3O/c1-14(2)10-20(25)23-9-8-17(13-23)24(12-15-4-3-5-15)16-6-7-19(22)18(21)11-16/h6-7,11,14-15,17H,3-5,8-10,12-13,22H2,1-2H3. The zero-order valence-electron chi connectivity index (χ0n) is 15.4. The highest BCUT2D eigenvalue weighted by molar-refractivity contribution is 6.33. The van der Waals surface area contributed by atoms with Gasteiger partial charge in [0.15, 0.2) is 0 Å². The Morgan fingerprint density at radius 3 is 2.72 bits per heavy atom. The highest BCUT2D eigenvalue weighted by Crippen LogP contribution is 2.34. The van der Waals surface area contributed by atoms with Gasteiger partial charge >= 0.3 is 0 Å². The maximum atomic E-state index is 12.4. The fourth-order valence-electron chi connectivity index (χ4n) is 3.81. The molecule has 1 aromatic rings. The molecule has 1 atom stereocenters. The zero-order chi connectivity index (χ0) is 18.0. The van der Waals surface area contributed by atoms with E-state index in [4.69, 9.17) is 17.3 Å². The summed E-state index contributed by atoms with van der Waals surface area (Å²) >= 11 is 6.27. The van der Waals surface area contributed by atoms with E-state index >= 15 is 0 Å². The molecule has 1 saturated heterocycles. The van der Waals surface area contributed by atoms with E-state index in [0.717, 1.165) is 37.7 Å². The molecule has 1 aliphatic heterocycles. The van der Waals surface area contributed by atoms with Crippen LogP contribution in [0.4, 0.5) is 11.4 Å². The molecule has 138 valence electrons. The van der Waals surface area contributed by atoms with Crippen LogP contribution in [0.25, 0.3) is 0 Å². The first-order chi connectivity index (χ1) is 11.9. The summed E-state index contributed by atoms with van der Waals surface area (Å²) in [7, 11) is 0. The quantitative estimate of drug-likeness (QED) is 0.771. The third-order valence-corrected chi connectivity index (χ3v) is 5.86. The van der Waals surface area contributed by atoms with Crippen LogP contribution in [0.1, 0.15) is 46.0 Å². The number of nitrogen functional groups attached to an aromatic ring is 1. The van der Waals surface area contributed by atoms with Gasteiger partial charge in [0.1, 0.15) is 0 Å². The third kappa shape index (κ3) is 4.41. The van der Waals surface area contributed by atoms with Crippen LogP contribution in [-0.2, 0) is 4.79 Å². The van der Waals surface area contributed by atoms with Gasteiger partial charge in [0.2, 0.25) is 5.91 Å². The maximum absolute atomic E-state index is 12.4. The number of carbonyl (C=O) groups excluding carboxylic acids is 1. The van der Waals surface area contributed by atoms with Crippen LogP contribution < -0.4 is 10.6 Å². The van der Waals surface area contributed by atoms with Crippen molar-refractivity contribution in [2.75, 3.05) is 30.3 Å². The van der Waals surface area contributed by atoms with E-state index < -0.39 is 0 Å². The minimum absolute atomic E-state index is 0.288. The molecule has 1 unspecified atom stereocenters. The summed E-state index contributed by atoms with van der Waals surface area (Å²) in [5, 5.41) is 0.613. The Labute approximate surface area is 156 Å². The lowest BCUT2D eigenvalue weighted by Crippen LogP contribution is -2.43. The van der Waals surface area contributed by atoms with Crippen LogP contribution in [-0.4, -0.2) is 36.5 Å². The van der Waals surface area contributed by atoms with Crippen LogP contribution >= 0.6 is 11.6 Å². The smallest absolute Gasteiger partial charge is 0.222 e. The van der Waals surface area contributed by atoms with Crippen molar-refractivity contribution in [1.82, 2.24) is 4.90 Å². The zero-order valence-corrected chi connectivity index (χ0v) is 16.1. The molecule has 1 aromatic carbocycles. The number of anilines is 2. The van der Waals surface area contributed by atoms with Crippen LogP contribution in [0, 0.1) is 11.8 Å². The summed E-state index contributed by atoms with van der Waals surface area (Å²) in [5.74, 6) is 1.46. The van der Waals surface area contributed by atoms with Crippen molar-refractivity contribution < 1.29 is 4.79 Å². The molecule has 0 radical (unpaired) electrons. The van der Waals surface area contributed by atoms with Gasteiger partial charge in [-0.2, -0.15) is 0 Å². The fourth-order valence-corrected chi connectivity index (χ4v) is 3.99. The molecule has 2 fully saturated rings. The lowest BCUT2D eigenvalue weighted by Gasteiger charge is -2.37. The predicted octanol–water partition coefficient (Wildman–Crippen LogP) is 4.18. The number of hydrogen-bond acceptors (Lipinski definition) is 3. The Bertz CT molecular complexity index is 615. The Hall–Kier alpha value is -1.42. The van der Waals surface area contributed by atoms with Gasteiger partial charge in [0.25, 0.3) is 0 Å². The van der Waals surface area contributed by atoms with E-state index in [-0.39, 0.29) is 5.91 Å². The van der Waals surface area contributed by atoms with E-state index in [9.17, 15) is 4.79 Å². The molecule has 4 nitrogen and oxygen atoms in total. The average Bonchev–Trinajstić information content (AvgIpc) is 2.98. The second kappa shape index (κ2) is 7.86. The first kappa shape index (κ1) is 18.4. The largest absolute Gasteiger partial charge is 0.398 e. The summed E-state index contributed by atoms with van der Waals surface area (Å²) in [6.45, 7) is 6.94. The van der Waals surface area contributed by atoms with Crippen LogP contribution in [0.2, 0.25) is 5.02 Å². The first-order valence-corrected chi connectivity index (χ1v) is 9.91. The summed E-state index contributed by atoms with van der Waals surface area (Å²) in [6.07, 6.45) is 5.62. The Morgan fingerprint density at radius 1 is 1.36 bits per heavy atom. The SMILES string of the molecule is CC(C)CC(=O)N1CCC(N(CC2CCC2)c2ccc(N)c(Cl)c2)C1. The minimum atomic E-state index is 0.288. The lowest BCUT2D eigenvalue weighted by atomic mass is 9.84. The van der Waals surface area contributed by atoms with Gasteiger partial charge in [0.05, 0.1) is 10.7 Å². The van der Waals surface area contributed by atoms with Crippen LogP contribution in [0.15, 0.2) is 18.2 Å². The van der Waals surface area contributed by atoms with Gasteiger partial charge in [-0.25, -0.2) is 0 Å². The minimum Gasteiger partial charge on any atom is -0.398 e. The fraction of sp³-hybridized carbons (Fsp3) is 0.650. The van der Waals surface area contributed by atoms with Gasteiger partial charge in [-0.05, 0) is 49.3 Å². The highest BCUT2D eigenvalue weighted by atomic mass is 35.5. The molecule has 1 amide bonds. The number of carbonyl (C=O) groups is 1. The molecule has 1 heterocycles. The van der Waals surface area contributed by atoms with Crippen molar-refractivity contribution >= 4 is 28.9 Å². The molecule has 2 aliphatic rings. The summed E-state index contributed by atoms with van der Waals surface area (Å²) in [4.78, 5) is 16.9. The van der Waals surface area contributed by atoms with E-state index in [1.54, 1.807) is 0 Å². The van der Waals surface area contributed by atoms with Crippen molar-refractivity contribution in [1.29, 1.82) is 0 Å². The van der Waals surface area contributed by atoms with Crippen LogP contribution in [0.5, 0.6) is 0 Å². The number of nitrogens with two attached hydrogens (primary N) is 1. The first-order valence-electron chi connectivity index (χ1n) is 9.53.